The number of hydrogen-bond acceptors (Lipinski definition) is 9. The number of urea groups is 1. The van der Waals surface area contributed by atoms with Crippen molar-refractivity contribution >= 4 is 82.4 Å². The highest BCUT2D eigenvalue weighted by molar-refractivity contribution is 7.86. The largest absolute Gasteiger partial charge is 0.507 e. The van der Waals surface area contributed by atoms with Crippen LogP contribution in [0.3, 0.4) is 0 Å². The Kier molecular flexibility index (Phi) is 9.74. The lowest BCUT2D eigenvalue weighted by Gasteiger charge is -2.15. The molecule has 0 unspecified atom stereocenters. The van der Waals surface area contributed by atoms with Gasteiger partial charge in [0.15, 0.2) is 0 Å². The van der Waals surface area contributed by atoms with Gasteiger partial charge in [0.2, 0.25) is 0 Å². The van der Waals surface area contributed by atoms with Gasteiger partial charge < -0.3 is 31.5 Å². The molecule has 0 saturated carbocycles. The van der Waals surface area contributed by atoms with Gasteiger partial charge >= 0.3 is 6.03 Å². The Bertz CT molecular complexity index is 2600. The summed E-state index contributed by atoms with van der Waals surface area (Å²) in [5, 5.41) is 30.9. The van der Waals surface area contributed by atoms with E-state index in [9.17, 15) is 50.5 Å². The van der Waals surface area contributed by atoms with Crippen LogP contribution in [0.1, 0.15) is 31.8 Å². The molecule has 0 heterocycles. The van der Waals surface area contributed by atoms with Gasteiger partial charge in [-0.15, -0.1) is 0 Å². The van der Waals surface area contributed by atoms with Crippen molar-refractivity contribution < 1.29 is 50.5 Å². The predicted octanol–water partition coefficient (Wildman–Crippen LogP) is 6.66. The first-order chi connectivity index (χ1) is 25.4. The Morgan fingerprint density at radius 1 is 0.481 bits per heavy atom. The van der Waals surface area contributed by atoms with Crippen LogP contribution in [0, 0.1) is 13.8 Å². The molecular weight excluding hydrogens is 741 g/mol. The number of nitrogens with one attached hydrogen (secondary N) is 4. The summed E-state index contributed by atoms with van der Waals surface area (Å²) in [6.45, 7) is 3.25. The average Bonchev–Trinajstić information content (AvgIpc) is 3.09. The van der Waals surface area contributed by atoms with Gasteiger partial charge in [-0.25, -0.2) is 4.79 Å². The van der Waals surface area contributed by atoms with E-state index < -0.39 is 47.9 Å². The molecule has 0 aliphatic carbocycles. The third kappa shape index (κ3) is 7.50. The van der Waals surface area contributed by atoms with Crippen LogP contribution in [0.15, 0.2) is 107 Å². The van der Waals surface area contributed by atoms with Crippen molar-refractivity contribution in [2.75, 3.05) is 21.3 Å². The number of fused-ring (bicyclic) bond motifs is 2. The lowest BCUT2D eigenvalue weighted by Crippen LogP contribution is -2.21. The lowest BCUT2D eigenvalue weighted by molar-refractivity contribution is 0.101. The maximum Gasteiger partial charge on any atom is 0.323 e. The van der Waals surface area contributed by atoms with E-state index in [1.807, 2.05) is 0 Å². The Hall–Kier alpha value is -6.53. The van der Waals surface area contributed by atoms with Crippen LogP contribution >= 0.6 is 0 Å². The van der Waals surface area contributed by atoms with Gasteiger partial charge in [0.05, 0.1) is 11.4 Å². The highest BCUT2D eigenvalue weighted by atomic mass is 32.2. The molecule has 6 aromatic carbocycles. The molecule has 0 aromatic heterocycles. The van der Waals surface area contributed by atoms with Crippen LogP contribution in [-0.4, -0.2) is 54.0 Å². The van der Waals surface area contributed by atoms with E-state index in [1.165, 1.54) is 97.1 Å². The average molecular weight is 771 g/mol. The molecule has 0 saturated heterocycles. The summed E-state index contributed by atoms with van der Waals surface area (Å²) >= 11 is 0. The fourth-order valence-electron chi connectivity index (χ4n) is 5.94. The number of rotatable bonds is 8. The fraction of sp³-hybridized carbons (Fsp3) is 0.0541. The maximum absolute atomic E-state index is 13.2. The second kappa shape index (κ2) is 14.1. The zero-order valence-electron chi connectivity index (χ0n) is 28.2. The number of hydrogen-bond donors (Lipinski definition) is 8. The Labute approximate surface area is 307 Å². The van der Waals surface area contributed by atoms with Crippen molar-refractivity contribution in [1.29, 1.82) is 0 Å². The van der Waals surface area contributed by atoms with Crippen molar-refractivity contribution in [1.82, 2.24) is 0 Å². The van der Waals surface area contributed by atoms with Crippen molar-refractivity contribution in [2.45, 2.75) is 23.6 Å². The molecule has 0 fully saturated rings. The summed E-state index contributed by atoms with van der Waals surface area (Å²) < 4.78 is 69.0. The van der Waals surface area contributed by atoms with Crippen LogP contribution in [0.25, 0.3) is 21.5 Å². The van der Waals surface area contributed by atoms with Crippen molar-refractivity contribution in [3.8, 4) is 11.5 Å². The monoisotopic (exact) mass is 770 g/mol. The molecule has 0 spiro atoms. The molecule has 4 amide bonds. The zero-order valence-corrected chi connectivity index (χ0v) is 29.8. The first-order valence-corrected chi connectivity index (χ1v) is 18.7. The topological polar surface area (TPSA) is 249 Å². The normalized spacial score (nSPS) is 11.6. The van der Waals surface area contributed by atoms with Gasteiger partial charge in [-0.2, -0.15) is 16.8 Å². The minimum Gasteiger partial charge on any atom is -0.507 e. The molecule has 276 valence electrons. The van der Waals surface area contributed by atoms with Crippen molar-refractivity contribution in [3.63, 3.8) is 0 Å². The standard InChI is InChI=1S/C37H30N4O11S2/c1-19-17-21(35(44)38-29-15-11-23-25(5-3-7-31(23)42)33(29)53(47,48)49)9-13-27(19)40-37(46)41-28-14-10-22(18-20(28)2)36(45)39-30-16-12-24-26(6-4-8-32(24)43)34(30)54(50,51)52/h3-18,42-43H,1-2H3,(H,38,44)(H,39,45)(H2,40,41,46)(H,47,48,49)(H,50,51,52). The van der Waals surface area contributed by atoms with Gasteiger partial charge in [-0.05, 0) is 97.8 Å². The number of aromatic hydroxyl groups is 2. The SMILES string of the molecule is Cc1cc(C(=O)Nc2ccc3c(O)cccc3c2S(=O)(=O)O)ccc1NC(=O)Nc1ccc(C(=O)Nc2ccc3c(O)cccc3c2S(=O)(=O)O)cc1C. The number of phenols is 2. The van der Waals surface area contributed by atoms with E-state index >= 15 is 0 Å². The molecule has 0 radical (unpaired) electrons. The molecule has 0 aliphatic rings. The highest BCUT2D eigenvalue weighted by Gasteiger charge is 2.24. The van der Waals surface area contributed by atoms with Crippen LogP contribution in [0.2, 0.25) is 0 Å². The highest BCUT2D eigenvalue weighted by Crippen LogP contribution is 2.36. The van der Waals surface area contributed by atoms with E-state index in [2.05, 4.69) is 21.3 Å². The van der Waals surface area contributed by atoms with Gasteiger partial charge in [-0.1, -0.05) is 24.3 Å². The third-order valence-corrected chi connectivity index (χ3v) is 10.4. The summed E-state index contributed by atoms with van der Waals surface area (Å²) in [7, 11) is -9.66. The summed E-state index contributed by atoms with van der Waals surface area (Å²) in [6, 6.07) is 21.5. The number of phenolic OH excluding ortho intramolecular Hbond substituents is 2. The van der Waals surface area contributed by atoms with Crippen LogP contribution < -0.4 is 21.3 Å². The molecule has 0 bridgehead atoms. The van der Waals surface area contributed by atoms with Gasteiger partial charge in [0, 0.05) is 44.0 Å². The number of anilines is 4. The molecule has 0 atom stereocenters. The zero-order chi connectivity index (χ0) is 39.1. The van der Waals surface area contributed by atoms with Crippen LogP contribution in [0.5, 0.6) is 11.5 Å². The van der Waals surface area contributed by atoms with E-state index in [1.54, 1.807) is 13.8 Å². The van der Waals surface area contributed by atoms with E-state index in [4.69, 9.17) is 0 Å². The summed E-state index contributed by atoms with van der Waals surface area (Å²) in [5.41, 5.74) is 1.37. The molecule has 6 rings (SSSR count). The van der Waals surface area contributed by atoms with Crippen molar-refractivity contribution in [3.05, 3.63) is 119 Å². The number of aryl methyl sites for hydroxylation is 2. The molecule has 0 aliphatic heterocycles. The Morgan fingerprint density at radius 2 is 0.852 bits per heavy atom. The van der Waals surface area contributed by atoms with Gasteiger partial charge in [-0.3, -0.25) is 18.7 Å². The number of carbonyl (C=O) groups excluding carboxylic acids is 3. The van der Waals surface area contributed by atoms with Crippen molar-refractivity contribution in [2.24, 2.45) is 0 Å². The van der Waals surface area contributed by atoms with Gasteiger partial charge in [0.25, 0.3) is 32.1 Å². The predicted molar refractivity (Wildman–Crippen MR) is 202 cm³/mol. The Balaban J connectivity index is 1.14. The van der Waals surface area contributed by atoms with E-state index in [0.29, 0.717) is 22.5 Å². The second-order valence-electron chi connectivity index (χ2n) is 12.1. The van der Waals surface area contributed by atoms with E-state index in [-0.39, 0.29) is 55.5 Å². The minimum atomic E-state index is -4.83. The maximum atomic E-state index is 13.2. The first-order valence-electron chi connectivity index (χ1n) is 15.8. The molecule has 15 nitrogen and oxygen atoms in total. The quantitative estimate of drug-likeness (QED) is 0.0760. The summed E-state index contributed by atoms with van der Waals surface area (Å²) in [4.78, 5) is 38.1. The minimum absolute atomic E-state index is 0.00280. The van der Waals surface area contributed by atoms with Gasteiger partial charge in [0.1, 0.15) is 21.3 Å². The lowest BCUT2D eigenvalue weighted by atomic mass is 10.1. The Morgan fingerprint density at radius 3 is 1.20 bits per heavy atom. The number of carbonyl (C=O) groups is 3. The third-order valence-electron chi connectivity index (χ3n) is 8.46. The molecule has 8 N–H and O–H groups in total. The van der Waals surface area contributed by atoms with E-state index in [0.717, 1.165) is 0 Å². The molecule has 17 heteroatoms. The number of benzene rings is 6. The molecular formula is C37H30N4O11S2. The van der Waals surface area contributed by atoms with Crippen LogP contribution in [0.4, 0.5) is 27.5 Å². The first kappa shape index (κ1) is 37.2. The van der Waals surface area contributed by atoms with Crippen LogP contribution in [-0.2, 0) is 20.2 Å². The second-order valence-corrected chi connectivity index (χ2v) is 14.8. The molecule has 54 heavy (non-hydrogen) atoms. The fourth-order valence-corrected chi connectivity index (χ4v) is 7.64. The smallest absolute Gasteiger partial charge is 0.323 e. The summed E-state index contributed by atoms with van der Waals surface area (Å²) in [6.07, 6.45) is 0. The summed E-state index contributed by atoms with van der Waals surface area (Å²) in [5.74, 6) is -1.86. The molecule has 6 aromatic rings. The number of amides is 4.